The fraction of sp³-hybridized carbons (Fsp3) is 0.261. The minimum Gasteiger partial charge on any atom is -0.350 e. The molecule has 176 valence electrons. The van der Waals surface area contributed by atoms with Gasteiger partial charge in [-0.3, -0.25) is 4.79 Å². The summed E-state index contributed by atoms with van der Waals surface area (Å²) in [7, 11) is 0. The summed E-state index contributed by atoms with van der Waals surface area (Å²) in [5, 5.41) is 16.1. The summed E-state index contributed by atoms with van der Waals surface area (Å²) >= 11 is 7.68. The Hall–Kier alpha value is -3.00. The Morgan fingerprint density at radius 1 is 1.21 bits per heavy atom. The number of benzene rings is 2. The van der Waals surface area contributed by atoms with Crippen molar-refractivity contribution in [1.29, 1.82) is 5.26 Å². The normalized spacial score (nSPS) is 16.4. The van der Waals surface area contributed by atoms with Crippen molar-refractivity contribution >= 4 is 29.5 Å². The van der Waals surface area contributed by atoms with Crippen molar-refractivity contribution in [2.45, 2.75) is 36.5 Å². The van der Waals surface area contributed by atoms with Crippen molar-refractivity contribution in [3.8, 4) is 11.8 Å². The van der Waals surface area contributed by atoms with Crippen LogP contribution in [0.2, 0.25) is 5.15 Å². The molecule has 1 amide bonds. The Kier molecular flexibility index (Phi) is 7.16. The molecule has 1 saturated heterocycles. The standard InChI is InChI=1S/C23H19ClF3N5OS/c24-21-16(14-31(30-21)18-7-5-17(6-8-18)23(25,26)27)13-29-22(33)20-2-1-11-32(20)34-19-9-3-15(12-28)4-10-19/h3-10,14,20H,1-2,11,13H2,(H,29,33). The molecule has 2 aromatic carbocycles. The van der Waals surface area contributed by atoms with Crippen LogP contribution in [0.5, 0.6) is 0 Å². The molecule has 3 aromatic rings. The van der Waals surface area contributed by atoms with Crippen molar-refractivity contribution in [3.05, 3.63) is 76.6 Å². The van der Waals surface area contributed by atoms with Gasteiger partial charge in [-0.2, -0.15) is 23.5 Å². The minimum atomic E-state index is -4.41. The van der Waals surface area contributed by atoms with Gasteiger partial charge in [0.15, 0.2) is 5.15 Å². The van der Waals surface area contributed by atoms with E-state index < -0.39 is 11.7 Å². The van der Waals surface area contributed by atoms with E-state index in [1.807, 2.05) is 16.4 Å². The topological polar surface area (TPSA) is 74.0 Å². The fourth-order valence-electron chi connectivity index (χ4n) is 3.58. The third-order valence-corrected chi connectivity index (χ3v) is 6.84. The van der Waals surface area contributed by atoms with Crippen LogP contribution in [0.25, 0.3) is 5.69 Å². The molecule has 11 heteroatoms. The van der Waals surface area contributed by atoms with Gasteiger partial charge in [0.05, 0.1) is 28.9 Å². The number of amides is 1. The van der Waals surface area contributed by atoms with Crippen LogP contribution in [0.1, 0.15) is 29.5 Å². The first-order valence-electron chi connectivity index (χ1n) is 10.4. The van der Waals surface area contributed by atoms with Crippen LogP contribution in [0, 0.1) is 11.3 Å². The quantitative estimate of drug-likeness (QED) is 0.466. The zero-order valence-corrected chi connectivity index (χ0v) is 19.3. The van der Waals surface area contributed by atoms with E-state index >= 15 is 0 Å². The molecule has 0 saturated carbocycles. The van der Waals surface area contributed by atoms with Gasteiger partial charge in [-0.1, -0.05) is 11.6 Å². The predicted molar refractivity (Wildman–Crippen MR) is 122 cm³/mol. The van der Waals surface area contributed by atoms with Gasteiger partial charge < -0.3 is 5.32 Å². The molecule has 1 aromatic heterocycles. The monoisotopic (exact) mass is 505 g/mol. The minimum absolute atomic E-state index is 0.142. The van der Waals surface area contributed by atoms with Gasteiger partial charge in [0.25, 0.3) is 0 Å². The number of nitrogens with one attached hydrogen (secondary N) is 1. The lowest BCUT2D eigenvalue weighted by molar-refractivity contribution is -0.137. The Morgan fingerprint density at radius 2 is 1.91 bits per heavy atom. The number of hydrogen-bond donors (Lipinski definition) is 1. The fourth-order valence-corrected chi connectivity index (χ4v) is 4.85. The summed E-state index contributed by atoms with van der Waals surface area (Å²) < 4.78 is 41.7. The number of alkyl halides is 3. The first-order valence-corrected chi connectivity index (χ1v) is 11.5. The second kappa shape index (κ2) is 10.1. The third kappa shape index (κ3) is 5.55. The van der Waals surface area contributed by atoms with Crippen molar-refractivity contribution in [3.63, 3.8) is 0 Å². The van der Waals surface area contributed by atoms with Crippen molar-refractivity contribution in [2.75, 3.05) is 6.54 Å². The molecule has 1 aliphatic rings. The molecule has 1 unspecified atom stereocenters. The highest BCUT2D eigenvalue weighted by Gasteiger charge is 2.32. The van der Waals surface area contributed by atoms with Gasteiger partial charge >= 0.3 is 6.18 Å². The highest BCUT2D eigenvalue weighted by Crippen LogP contribution is 2.32. The smallest absolute Gasteiger partial charge is 0.350 e. The maximum absolute atomic E-state index is 12.9. The van der Waals surface area contributed by atoms with E-state index in [1.165, 1.54) is 28.8 Å². The molecule has 0 radical (unpaired) electrons. The number of aromatic nitrogens is 2. The van der Waals surface area contributed by atoms with Crippen LogP contribution < -0.4 is 5.32 Å². The average molecular weight is 506 g/mol. The number of halogens is 4. The molecule has 0 aliphatic carbocycles. The highest BCUT2D eigenvalue weighted by molar-refractivity contribution is 7.97. The van der Waals surface area contributed by atoms with Crippen LogP contribution in [0.15, 0.2) is 59.6 Å². The number of rotatable bonds is 6. The van der Waals surface area contributed by atoms with Gasteiger partial charge in [0.1, 0.15) is 0 Å². The van der Waals surface area contributed by atoms with Crippen LogP contribution in [0.3, 0.4) is 0 Å². The molecule has 0 spiro atoms. The molecular formula is C23H19ClF3N5OS. The maximum atomic E-state index is 12.9. The van der Waals surface area contributed by atoms with Crippen LogP contribution in [-0.2, 0) is 17.5 Å². The molecule has 1 aliphatic heterocycles. The molecule has 34 heavy (non-hydrogen) atoms. The lowest BCUT2D eigenvalue weighted by Gasteiger charge is -2.22. The number of carbonyl (C=O) groups is 1. The van der Waals surface area contributed by atoms with Crippen molar-refractivity contribution < 1.29 is 18.0 Å². The SMILES string of the molecule is N#Cc1ccc(SN2CCCC2C(=O)NCc2cn(-c3ccc(C(F)(F)F)cc3)nc2Cl)cc1. The zero-order valence-electron chi connectivity index (χ0n) is 17.7. The van der Waals surface area contributed by atoms with E-state index in [1.54, 1.807) is 18.3 Å². The van der Waals surface area contributed by atoms with Gasteiger partial charge in [-0.05, 0) is 73.3 Å². The maximum Gasteiger partial charge on any atom is 0.416 e. The van der Waals surface area contributed by atoms with E-state index in [0.717, 1.165) is 30.0 Å². The molecule has 6 nitrogen and oxygen atoms in total. The van der Waals surface area contributed by atoms with Crippen LogP contribution in [0.4, 0.5) is 13.2 Å². The van der Waals surface area contributed by atoms with E-state index in [9.17, 15) is 18.0 Å². The van der Waals surface area contributed by atoms with Gasteiger partial charge in [-0.15, -0.1) is 0 Å². The second-order valence-electron chi connectivity index (χ2n) is 7.68. The lowest BCUT2D eigenvalue weighted by atomic mass is 10.2. The Bertz CT molecular complexity index is 1210. The van der Waals surface area contributed by atoms with E-state index in [0.29, 0.717) is 23.2 Å². The molecule has 1 N–H and O–H groups in total. The van der Waals surface area contributed by atoms with E-state index in [-0.39, 0.29) is 23.6 Å². The number of nitriles is 1. The van der Waals surface area contributed by atoms with Gasteiger partial charge in [0.2, 0.25) is 5.91 Å². The van der Waals surface area contributed by atoms with Crippen LogP contribution >= 0.6 is 23.5 Å². The number of carbonyl (C=O) groups excluding carboxylic acids is 1. The summed E-state index contributed by atoms with van der Waals surface area (Å²) in [5.74, 6) is -0.142. The van der Waals surface area contributed by atoms with Gasteiger partial charge in [-0.25, -0.2) is 8.99 Å². The molecular weight excluding hydrogens is 487 g/mol. The molecule has 2 heterocycles. The van der Waals surface area contributed by atoms with E-state index in [4.69, 9.17) is 16.9 Å². The second-order valence-corrected chi connectivity index (χ2v) is 9.16. The molecule has 1 atom stereocenters. The molecule has 1 fully saturated rings. The predicted octanol–water partition coefficient (Wildman–Crippen LogP) is 5.20. The highest BCUT2D eigenvalue weighted by atomic mass is 35.5. The van der Waals surface area contributed by atoms with Gasteiger partial charge in [0, 0.05) is 29.7 Å². The lowest BCUT2D eigenvalue weighted by Crippen LogP contribution is -2.40. The summed E-state index contributed by atoms with van der Waals surface area (Å²) in [5.41, 5.74) is 0.809. The Balaban J connectivity index is 1.37. The van der Waals surface area contributed by atoms with E-state index in [2.05, 4.69) is 16.5 Å². The summed E-state index contributed by atoms with van der Waals surface area (Å²) in [6.45, 7) is 0.902. The van der Waals surface area contributed by atoms with Crippen LogP contribution in [-0.4, -0.2) is 32.6 Å². The number of nitrogens with zero attached hydrogens (tertiary/aromatic N) is 4. The zero-order chi connectivity index (χ0) is 24.3. The molecule has 4 rings (SSSR count). The number of hydrogen-bond acceptors (Lipinski definition) is 5. The first kappa shape index (κ1) is 24.1. The average Bonchev–Trinajstić information content (AvgIpc) is 3.44. The van der Waals surface area contributed by atoms with Crippen molar-refractivity contribution in [2.24, 2.45) is 0 Å². The summed E-state index contributed by atoms with van der Waals surface area (Å²) in [4.78, 5) is 13.8. The third-order valence-electron chi connectivity index (χ3n) is 5.36. The largest absolute Gasteiger partial charge is 0.416 e. The Labute approximate surface area is 203 Å². The van der Waals surface area contributed by atoms with Crippen molar-refractivity contribution in [1.82, 2.24) is 19.4 Å². The summed E-state index contributed by atoms with van der Waals surface area (Å²) in [6, 6.07) is 13.5. The first-order chi connectivity index (χ1) is 16.2. The molecule has 0 bridgehead atoms. The Morgan fingerprint density at radius 3 is 2.56 bits per heavy atom. The summed E-state index contributed by atoms with van der Waals surface area (Å²) in [6.07, 6.45) is -1.23.